The van der Waals surface area contributed by atoms with Gasteiger partial charge in [0.1, 0.15) is 5.76 Å². The molecule has 2 aromatic heterocycles. The van der Waals surface area contributed by atoms with E-state index in [0.717, 1.165) is 28.1 Å². The molecule has 3 aromatic rings. The first-order valence-corrected chi connectivity index (χ1v) is 9.24. The van der Waals surface area contributed by atoms with Crippen LogP contribution in [0.5, 0.6) is 0 Å². The van der Waals surface area contributed by atoms with Gasteiger partial charge in [-0.3, -0.25) is 9.47 Å². The largest absolute Gasteiger partial charge is 0.360 e. The third-order valence-electron chi connectivity index (χ3n) is 3.91. The maximum absolute atomic E-state index is 6.04. The highest BCUT2D eigenvalue weighted by Crippen LogP contribution is 2.29. The number of hydrogen-bond acceptors (Lipinski definition) is 6. The van der Waals surface area contributed by atoms with Crippen LogP contribution in [0.25, 0.3) is 5.69 Å². The fourth-order valence-corrected chi connectivity index (χ4v) is 3.29. The maximum Gasteiger partial charge on any atom is 0.196 e. The fraction of sp³-hybridized carbons (Fsp3) is 0.353. The number of halogens is 1. The molecule has 0 amide bonds. The minimum Gasteiger partial charge on any atom is -0.360 e. The minimum absolute atomic E-state index is 0.116. The molecule has 0 aliphatic carbocycles. The molecule has 2 heterocycles. The molecule has 1 unspecified atom stereocenters. The predicted molar refractivity (Wildman–Crippen MR) is 99.3 cm³/mol. The zero-order chi connectivity index (χ0) is 18.0. The van der Waals surface area contributed by atoms with Gasteiger partial charge in [0.2, 0.25) is 0 Å². The molecule has 3 rings (SSSR count). The Labute approximate surface area is 156 Å². The smallest absolute Gasteiger partial charge is 0.196 e. The molecule has 132 valence electrons. The Hall–Kier alpha value is -1.83. The molecule has 0 aliphatic rings. The van der Waals surface area contributed by atoms with E-state index in [2.05, 4.69) is 31.7 Å². The van der Waals surface area contributed by atoms with Gasteiger partial charge in [-0.2, -0.15) is 0 Å². The summed E-state index contributed by atoms with van der Waals surface area (Å²) in [4.78, 5) is 2.10. The summed E-state index contributed by atoms with van der Waals surface area (Å²) >= 11 is 7.60. The van der Waals surface area contributed by atoms with Crippen molar-refractivity contribution in [3.63, 3.8) is 0 Å². The molecule has 0 spiro atoms. The van der Waals surface area contributed by atoms with E-state index >= 15 is 0 Å². The van der Waals surface area contributed by atoms with Gasteiger partial charge in [0.25, 0.3) is 0 Å². The van der Waals surface area contributed by atoms with Crippen molar-refractivity contribution in [3.8, 4) is 5.69 Å². The van der Waals surface area contributed by atoms with E-state index in [4.69, 9.17) is 16.1 Å². The van der Waals surface area contributed by atoms with Crippen molar-refractivity contribution in [3.05, 3.63) is 52.6 Å². The average molecular weight is 378 g/mol. The summed E-state index contributed by atoms with van der Waals surface area (Å²) in [5.41, 5.74) is 1.85. The van der Waals surface area contributed by atoms with Crippen LogP contribution in [0.1, 0.15) is 30.2 Å². The van der Waals surface area contributed by atoms with E-state index in [0.29, 0.717) is 10.8 Å². The lowest BCUT2D eigenvalue weighted by Crippen LogP contribution is -2.20. The first-order valence-electron chi connectivity index (χ1n) is 7.88. The first-order chi connectivity index (χ1) is 12.0. The van der Waals surface area contributed by atoms with E-state index in [1.165, 1.54) is 0 Å². The van der Waals surface area contributed by atoms with Gasteiger partial charge in [-0.05, 0) is 52.2 Å². The molecular formula is C17H20ClN5OS. The Morgan fingerprint density at radius 3 is 2.56 bits per heavy atom. The number of nitrogens with zero attached hydrogens (tertiary/aromatic N) is 5. The van der Waals surface area contributed by atoms with Crippen molar-refractivity contribution in [2.45, 2.75) is 30.8 Å². The summed E-state index contributed by atoms with van der Waals surface area (Å²) in [7, 11) is 4.05. The summed E-state index contributed by atoms with van der Waals surface area (Å²) in [6.07, 6.45) is 0. The molecule has 0 bridgehead atoms. The summed E-state index contributed by atoms with van der Waals surface area (Å²) in [5.74, 6) is 2.34. The lowest BCUT2D eigenvalue weighted by atomic mass is 10.2. The van der Waals surface area contributed by atoms with Gasteiger partial charge in [0, 0.05) is 16.8 Å². The van der Waals surface area contributed by atoms with Gasteiger partial charge in [-0.1, -0.05) is 28.5 Å². The lowest BCUT2D eigenvalue weighted by Gasteiger charge is -2.20. The summed E-state index contributed by atoms with van der Waals surface area (Å²) in [6, 6.07) is 9.73. The number of rotatable bonds is 6. The molecule has 25 heavy (non-hydrogen) atoms. The van der Waals surface area contributed by atoms with E-state index in [1.807, 2.05) is 51.4 Å². The third-order valence-corrected chi connectivity index (χ3v) is 5.12. The van der Waals surface area contributed by atoms with Crippen molar-refractivity contribution in [2.24, 2.45) is 0 Å². The second-order valence-corrected chi connectivity index (χ2v) is 7.39. The Morgan fingerprint density at radius 1 is 1.24 bits per heavy atom. The quantitative estimate of drug-likeness (QED) is 0.602. The second kappa shape index (κ2) is 7.59. The topological polar surface area (TPSA) is 60.0 Å². The Bertz CT molecular complexity index is 843. The van der Waals surface area contributed by atoms with Crippen LogP contribution >= 0.6 is 23.4 Å². The molecular weight excluding hydrogens is 358 g/mol. The van der Waals surface area contributed by atoms with Gasteiger partial charge in [-0.25, -0.2) is 0 Å². The van der Waals surface area contributed by atoms with Crippen LogP contribution in [0, 0.1) is 6.92 Å². The normalized spacial score (nSPS) is 12.7. The van der Waals surface area contributed by atoms with Gasteiger partial charge in [0.15, 0.2) is 11.0 Å². The highest BCUT2D eigenvalue weighted by molar-refractivity contribution is 7.98. The van der Waals surface area contributed by atoms with E-state index < -0.39 is 0 Å². The molecule has 6 nitrogen and oxygen atoms in total. The second-order valence-electron chi connectivity index (χ2n) is 6.02. The van der Waals surface area contributed by atoms with Crippen LogP contribution in [0.15, 0.2) is 40.0 Å². The monoisotopic (exact) mass is 377 g/mol. The Kier molecular flexibility index (Phi) is 5.46. The highest BCUT2D eigenvalue weighted by atomic mass is 35.5. The van der Waals surface area contributed by atoms with E-state index in [-0.39, 0.29) is 6.04 Å². The minimum atomic E-state index is 0.116. The van der Waals surface area contributed by atoms with Crippen molar-refractivity contribution >= 4 is 23.4 Å². The van der Waals surface area contributed by atoms with Gasteiger partial charge in [-0.15, -0.1) is 10.2 Å². The molecule has 8 heteroatoms. The highest BCUT2D eigenvalue weighted by Gasteiger charge is 2.21. The zero-order valence-electron chi connectivity index (χ0n) is 14.6. The predicted octanol–water partition coefficient (Wildman–Crippen LogP) is 4.13. The van der Waals surface area contributed by atoms with Crippen LogP contribution in [-0.4, -0.2) is 38.9 Å². The molecule has 0 saturated heterocycles. The lowest BCUT2D eigenvalue weighted by molar-refractivity contribution is 0.305. The molecule has 0 aliphatic heterocycles. The summed E-state index contributed by atoms with van der Waals surface area (Å²) in [6.45, 7) is 4.01. The van der Waals surface area contributed by atoms with Gasteiger partial charge in [0.05, 0.1) is 17.5 Å². The van der Waals surface area contributed by atoms with Crippen molar-refractivity contribution in [1.82, 2.24) is 24.8 Å². The standard InChI is InChI=1S/C17H20ClN5OS/c1-11-9-15(24-21-11)10-25-17-20-19-16(12(2)22(3)4)23(17)14-7-5-13(18)6-8-14/h5-9,12H,10H2,1-4H3. The molecule has 0 N–H and O–H groups in total. The molecule has 0 radical (unpaired) electrons. The number of hydrogen-bond donors (Lipinski definition) is 0. The van der Waals surface area contributed by atoms with Crippen LogP contribution in [0.4, 0.5) is 0 Å². The van der Waals surface area contributed by atoms with Crippen LogP contribution in [-0.2, 0) is 5.75 Å². The molecule has 1 atom stereocenters. The van der Waals surface area contributed by atoms with Crippen molar-refractivity contribution in [2.75, 3.05) is 14.1 Å². The number of aryl methyl sites for hydroxylation is 1. The molecule has 0 fully saturated rings. The van der Waals surface area contributed by atoms with Crippen LogP contribution in [0.2, 0.25) is 5.02 Å². The summed E-state index contributed by atoms with van der Waals surface area (Å²) in [5, 5.41) is 14.2. The first kappa shape index (κ1) is 18.0. The average Bonchev–Trinajstić information content (AvgIpc) is 3.19. The van der Waals surface area contributed by atoms with E-state index in [1.54, 1.807) is 11.8 Å². The molecule has 1 aromatic carbocycles. The maximum atomic E-state index is 6.04. The zero-order valence-corrected chi connectivity index (χ0v) is 16.2. The van der Waals surface area contributed by atoms with Crippen molar-refractivity contribution in [1.29, 1.82) is 0 Å². The summed E-state index contributed by atoms with van der Waals surface area (Å²) < 4.78 is 7.35. The molecule has 0 saturated carbocycles. The third kappa shape index (κ3) is 4.05. The Balaban J connectivity index is 1.95. The number of thioether (sulfide) groups is 1. The van der Waals surface area contributed by atoms with Crippen LogP contribution < -0.4 is 0 Å². The van der Waals surface area contributed by atoms with E-state index in [9.17, 15) is 0 Å². The number of benzene rings is 1. The van der Waals surface area contributed by atoms with Gasteiger partial charge < -0.3 is 4.52 Å². The van der Waals surface area contributed by atoms with Gasteiger partial charge >= 0.3 is 0 Å². The fourth-order valence-electron chi connectivity index (χ4n) is 2.33. The van der Waals surface area contributed by atoms with Crippen molar-refractivity contribution < 1.29 is 4.52 Å². The number of aromatic nitrogens is 4. The Morgan fingerprint density at radius 2 is 1.96 bits per heavy atom. The van der Waals surface area contributed by atoms with Crippen LogP contribution in [0.3, 0.4) is 0 Å². The SMILES string of the molecule is Cc1cc(CSc2nnc(C(C)N(C)C)n2-c2ccc(Cl)cc2)on1.